The lowest BCUT2D eigenvalue weighted by Gasteiger charge is -2.21. The van der Waals surface area contributed by atoms with Crippen LogP contribution in [-0.4, -0.2) is 44.5 Å². The fourth-order valence-corrected chi connectivity index (χ4v) is 5.25. The zero-order valence-corrected chi connectivity index (χ0v) is 21.0. The van der Waals surface area contributed by atoms with Gasteiger partial charge in [0.15, 0.2) is 16.8 Å². The Labute approximate surface area is 213 Å². The van der Waals surface area contributed by atoms with E-state index in [9.17, 15) is 9.18 Å². The number of fused-ring (bicyclic) bond motifs is 1. The summed E-state index contributed by atoms with van der Waals surface area (Å²) in [5, 5.41) is 9.88. The van der Waals surface area contributed by atoms with Gasteiger partial charge < -0.3 is 4.98 Å². The number of rotatable bonds is 8. The molecule has 2 atom stereocenters. The molecule has 5 aromatic rings. The van der Waals surface area contributed by atoms with Crippen molar-refractivity contribution in [3.05, 3.63) is 108 Å². The lowest BCUT2D eigenvalue weighted by atomic mass is 10.0. The summed E-state index contributed by atoms with van der Waals surface area (Å²) in [6, 6.07) is 23.6. The molecule has 0 aliphatic carbocycles. The molecule has 0 aliphatic heterocycles. The lowest BCUT2D eigenvalue weighted by molar-refractivity contribution is 0.0991. The van der Waals surface area contributed by atoms with Gasteiger partial charge in [-0.3, -0.25) is 14.3 Å². The van der Waals surface area contributed by atoms with Gasteiger partial charge in [-0.15, -0.1) is 10.2 Å². The first-order valence-corrected chi connectivity index (χ1v) is 12.5. The molecule has 0 amide bonds. The van der Waals surface area contributed by atoms with Gasteiger partial charge >= 0.3 is 0 Å². The van der Waals surface area contributed by atoms with Crippen molar-refractivity contribution in [1.82, 2.24) is 24.6 Å². The average Bonchev–Trinajstić information content (AvgIpc) is 3.52. The first kappa shape index (κ1) is 24.0. The third-order valence-electron chi connectivity index (χ3n) is 6.31. The number of halogens is 1. The zero-order valence-electron chi connectivity index (χ0n) is 20.2. The Balaban J connectivity index is 1.62. The van der Waals surface area contributed by atoms with Crippen LogP contribution in [0, 0.1) is 5.82 Å². The van der Waals surface area contributed by atoms with Gasteiger partial charge in [0, 0.05) is 28.4 Å². The van der Waals surface area contributed by atoms with Gasteiger partial charge in [-0.05, 0) is 56.9 Å². The highest BCUT2D eigenvalue weighted by Gasteiger charge is 2.29. The highest BCUT2D eigenvalue weighted by molar-refractivity contribution is 8.00. The molecule has 2 heterocycles. The van der Waals surface area contributed by atoms with Crippen LogP contribution in [0.2, 0.25) is 0 Å². The highest BCUT2D eigenvalue weighted by Crippen LogP contribution is 2.40. The number of benzene rings is 3. The number of thioether (sulfide) groups is 1. The summed E-state index contributed by atoms with van der Waals surface area (Å²) in [4.78, 5) is 19.3. The molecule has 182 valence electrons. The van der Waals surface area contributed by atoms with Crippen molar-refractivity contribution in [3.8, 4) is 5.69 Å². The fraction of sp³-hybridized carbons (Fsp3) is 0.179. The van der Waals surface area contributed by atoms with E-state index in [2.05, 4.69) is 15.2 Å². The molecule has 5 rings (SSSR count). The summed E-state index contributed by atoms with van der Waals surface area (Å²) in [7, 11) is 3.93. The second-order valence-electron chi connectivity index (χ2n) is 8.81. The van der Waals surface area contributed by atoms with Crippen molar-refractivity contribution in [2.75, 3.05) is 14.1 Å². The molecule has 1 N–H and O–H groups in total. The number of carbonyl (C=O) groups is 1. The molecule has 0 spiro atoms. The number of Topliss-reactive ketones (excluding diaryl/α,β-unsaturated/α-hetero) is 1. The molecule has 0 unspecified atom stereocenters. The average molecular weight is 500 g/mol. The zero-order chi connectivity index (χ0) is 25.2. The van der Waals surface area contributed by atoms with E-state index in [-0.39, 0.29) is 17.6 Å². The summed E-state index contributed by atoms with van der Waals surface area (Å²) in [5.74, 6) is 0.361. The van der Waals surface area contributed by atoms with Crippen LogP contribution in [0.5, 0.6) is 0 Å². The Morgan fingerprint density at radius 2 is 1.67 bits per heavy atom. The number of hydrogen-bond acceptors (Lipinski definition) is 5. The maximum atomic E-state index is 14.0. The van der Waals surface area contributed by atoms with Crippen LogP contribution in [0.3, 0.4) is 0 Å². The maximum absolute atomic E-state index is 14.0. The van der Waals surface area contributed by atoms with Gasteiger partial charge in [0.25, 0.3) is 0 Å². The van der Waals surface area contributed by atoms with Crippen molar-refractivity contribution in [3.63, 3.8) is 0 Å². The van der Waals surface area contributed by atoms with Crippen molar-refractivity contribution in [2.45, 2.75) is 23.4 Å². The molecule has 0 radical (unpaired) electrons. The van der Waals surface area contributed by atoms with Crippen LogP contribution >= 0.6 is 11.8 Å². The Kier molecular flexibility index (Phi) is 6.71. The van der Waals surface area contributed by atoms with E-state index >= 15 is 0 Å². The van der Waals surface area contributed by atoms with Crippen LogP contribution in [0.1, 0.15) is 40.0 Å². The van der Waals surface area contributed by atoms with Crippen molar-refractivity contribution < 1.29 is 9.18 Å². The SMILES string of the molecule is C[C@H](c1nnc(S[C@H](C(=O)c2c[nH]c3ccccc23)c2ccccc2)n1-c1ccc(F)cc1)N(C)C. The van der Waals surface area contributed by atoms with E-state index in [1.807, 2.05) is 85.1 Å². The van der Waals surface area contributed by atoms with Gasteiger partial charge in [-0.1, -0.05) is 60.3 Å². The number of nitrogens with zero attached hydrogens (tertiary/aromatic N) is 4. The second-order valence-corrected chi connectivity index (χ2v) is 9.89. The minimum Gasteiger partial charge on any atom is -0.360 e. The summed E-state index contributed by atoms with van der Waals surface area (Å²) >= 11 is 1.35. The predicted octanol–water partition coefficient (Wildman–Crippen LogP) is 6.23. The van der Waals surface area contributed by atoms with Gasteiger partial charge in [0.05, 0.1) is 6.04 Å². The normalized spacial score (nSPS) is 13.2. The van der Waals surface area contributed by atoms with Crippen LogP contribution in [0.4, 0.5) is 4.39 Å². The summed E-state index contributed by atoms with van der Waals surface area (Å²) in [6.07, 6.45) is 1.77. The molecule has 0 aliphatic rings. The number of ketones is 1. The Bertz CT molecular complexity index is 1490. The molecule has 0 fully saturated rings. The van der Waals surface area contributed by atoms with Crippen molar-refractivity contribution in [1.29, 1.82) is 0 Å². The van der Waals surface area contributed by atoms with Crippen LogP contribution in [-0.2, 0) is 0 Å². The Morgan fingerprint density at radius 1 is 0.972 bits per heavy atom. The van der Waals surface area contributed by atoms with Gasteiger partial charge in [-0.2, -0.15) is 0 Å². The molecule has 0 saturated carbocycles. The maximum Gasteiger partial charge on any atom is 0.196 e. The first-order valence-electron chi connectivity index (χ1n) is 11.6. The van der Waals surface area contributed by atoms with E-state index in [4.69, 9.17) is 0 Å². The van der Waals surface area contributed by atoms with E-state index in [0.717, 1.165) is 22.2 Å². The summed E-state index contributed by atoms with van der Waals surface area (Å²) in [5.41, 5.74) is 3.14. The van der Waals surface area contributed by atoms with E-state index < -0.39 is 5.25 Å². The minimum absolute atomic E-state index is 0.0282. The quantitative estimate of drug-likeness (QED) is 0.203. The van der Waals surface area contributed by atoms with Gasteiger partial charge in [0.1, 0.15) is 11.1 Å². The number of para-hydroxylation sites is 1. The van der Waals surface area contributed by atoms with Crippen LogP contribution in [0.25, 0.3) is 16.6 Å². The number of aromatic amines is 1. The second kappa shape index (κ2) is 10.1. The molecular weight excluding hydrogens is 473 g/mol. The topological polar surface area (TPSA) is 66.8 Å². The standard InChI is InChI=1S/C28H26FN5OS/c1-18(33(2)3)27-31-32-28(34(27)21-15-13-20(29)14-16-21)36-26(19-9-5-4-6-10-19)25(35)23-17-30-24-12-8-7-11-22(23)24/h4-18,26,30H,1-3H3/t18-,26+/m1/s1. The summed E-state index contributed by atoms with van der Waals surface area (Å²) < 4.78 is 15.6. The molecular formula is C28H26FN5OS. The van der Waals surface area contributed by atoms with Crippen LogP contribution < -0.4 is 0 Å². The molecule has 8 heteroatoms. The van der Waals surface area contributed by atoms with E-state index in [1.165, 1.54) is 23.9 Å². The number of hydrogen-bond donors (Lipinski definition) is 1. The molecule has 3 aromatic carbocycles. The number of aromatic nitrogens is 4. The monoisotopic (exact) mass is 499 g/mol. The molecule has 6 nitrogen and oxygen atoms in total. The van der Waals surface area contributed by atoms with Crippen molar-refractivity contribution >= 4 is 28.4 Å². The van der Waals surface area contributed by atoms with Gasteiger partial charge in [0.2, 0.25) is 0 Å². The Morgan fingerprint density at radius 3 is 2.39 bits per heavy atom. The largest absolute Gasteiger partial charge is 0.360 e. The minimum atomic E-state index is -0.559. The smallest absolute Gasteiger partial charge is 0.196 e. The first-order chi connectivity index (χ1) is 17.4. The van der Waals surface area contributed by atoms with Crippen LogP contribution in [0.15, 0.2) is 90.2 Å². The third-order valence-corrected chi connectivity index (χ3v) is 7.51. The molecule has 0 bridgehead atoms. The fourth-order valence-electron chi connectivity index (χ4n) is 4.11. The number of nitrogens with one attached hydrogen (secondary N) is 1. The molecule has 2 aromatic heterocycles. The Hall–Kier alpha value is -3.75. The molecule has 36 heavy (non-hydrogen) atoms. The van der Waals surface area contributed by atoms with Gasteiger partial charge in [-0.25, -0.2) is 4.39 Å². The predicted molar refractivity (Wildman–Crippen MR) is 141 cm³/mol. The van der Waals surface area contributed by atoms with E-state index in [1.54, 1.807) is 18.3 Å². The summed E-state index contributed by atoms with van der Waals surface area (Å²) in [6.45, 7) is 2.03. The molecule has 0 saturated heterocycles. The van der Waals surface area contributed by atoms with E-state index in [0.29, 0.717) is 16.5 Å². The third kappa shape index (κ3) is 4.57. The highest BCUT2D eigenvalue weighted by atomic mass is 32.2. The van der Waals surface area contributed by atoms with Crippen molar-refractivity contribution in [2.24, 2.45) is 0 Å². The lowest BCUT2D eigenvalue weighted by Crippen LogP contribution is -2.21. The number of H-pyrrole nitrogens is 1. The number of carbonyl (C=O) groups excluding carboxylic acids is 1.